The van der Waals surface area contributed by atoms with Crippen LogP contribution >= 0.6 is 11.6 Å². The Kier molecular flexibility index (Phi) is 4.61. The molecular formula is C15H15ClN4O. The second-order valence-corrected chi connectivity index (χ2v) is 4.82. The van der Waals surface area contributed by atoms with Crippen molar-refractivity contribution in [3.05, 3.63) is 40.0 Å². The quantitative estimate of drug-likeness (QED) is 0.874. The second kappa shape index (κ2) is 6.42. The molecule has 0 spiro atoms. The summed E-state index contributed by atoms with van der Waals surface area (Å²) in [7, 11) is 0. The smallest absolute Gasteiger partial charge is 0.257 e. The highest BCUT2D eigenvalue weighted by molar-refractivity contribution is 6.32. The summed E-state index contributed by atoms with van der Waals surface area (Å²) in [5.74, 6) is 0.507. The molecule has 0 fully saturated rings. The summed E-state index contributed by atoms with van der Waals surface area (Å²) in [5, 5.41) is 17.9. The number of hydrogen-bond donors (Lipinski definition) is 1. The summed E-state index contributed by atoms with van der Waals surface area (Å²) in [6.07, 6.45) is 1.40. The van der Waals surface area contributed by atoms with Crippen LogP contribution in [0, 0.1) is 11.3 Å². The summed E-state index contributed by atoms with van der Waals surface area (Å²) in [6.45, 7) is 3.94. The molecule has 0 bridgehead atoms. The molecule has 0 aliphatic rings. The molecule has 21 heavy (non-hydrogen) atoms. The fourth-order valence-electron chi connectivity index (χ4n) is 2.04. The van der Waals surface area contributed by atoms with E-state index in [1.807, 2.05) is 13.8 Å². The van der Waals surface area contributed by atoms with Crippen LogP contribution in [0.25, 0.3) is 0 Å². The molecule has 2 rings (SSSR count). The van der Waals surface area contributed by atoms with E-state index >= 15 is 0 Å². The lowest BCUT2D eigenvalue weighted by atomic mass is 10.0. The van der Waals surface area contributed by atoms with Gasteiger partial charge in [0.15, 0.2) is 0 Å². The van der Waals surface area contributed by atoms with E-state index < -0.39 is 0 Å². The van der Waals surface area contributed by atoms with Gasteiger partial charge in [0.2, 0.25) is 0 Å². The fraction of sp³-hybridized carbons (Fsp3) is 0.267. The number of benzene rings is 1. The number of rotatable bonds is 4. The third-order valence-electron chi connectivity index (χ3n) is 3.09. The zero-order chi connectivity index (χ0) is 15.4. The van der Waals surface area contributed by atoms with Crippen molar-refractivity contribution < 1.29 is 4.74 Å². The molecule has 0 aliphatic carbocycles. The van der Waals surface area contributed by atoms with Gasteiger partial charge in [-0.1, -0.05) is 25.4 Å². The first kappa shape index (κ1) is 15.1. The highest BCUT2D eigenvalue weighted by Crippen LogP contribution is 2.32. The molecule has 0 radical (unpaired) electrons. The number of aryl methyl sites for hydroxylation is 1. The Labute approximate surface area is 128 Å². The van der Waals surface area contributed by atoms with E-state index in [0.717, 1.165) is 11.3 Å². The molecule has 1 heterocycles. The van der Waals surface area contributed by atoms with E-state index in [1.165, 1.54) is 0 Å². The van der Waals surface area contributed by atoms with E-state index in [0.29, 0.717) is 34.9 Å². The van der Waals surface area contributed by atoms with Crippen molar-refractivity contribution in [3.63, 3.8) is 0 Å². The van der Waals surface area contributed by atoms with Gasteiger partial charge in [0, 0.05) is 11.8 Å². The maximum Gasteiger partial charge on any atom is 0.257 e. The summed E-state index contributed by atoms with van der Waals surface area (Å²) >= 11 is 6.06. The zero-order valence-electron chi connectivity index (χ0n) is 11.9. The van der Waals surface area contributed by atoms with Gasteiger partial charge in [-0.2, -0.15) is 10.4 Å². The SMILES string of the molecule is CCc1nnc(Oc2cc(N)ccc2Cl)c(C#N)c1CC. The zero-order valence-corrected chi connectivity index (χ0v) is 12.6. The Morgan fingerprint density at radius 3 is 2.67 bits per heavy atom. The van der Waals surface area contributed by atoms with Crippen LogP contribution in [0.2, 0.25) is 5.02 Å². The number of nitriles is 1. The summed E-state index contributed by atoms with van der Waals surface area (Å²) < 4.78 is 5.65. The Morgan fingerprint density at radius 1 is 1.29 bits per heavy atom. The van der Waals surface area contributed by atoms with E-state index in [-0.39, 0.29) is 5.88 Å². The van der Waals surface area contributed by atoms with Gasteiger partial charge in [-0.25, -0.2) is 0 Å². The molecular weight excluding hydrogens is 288 g/mol. The first-order chi connectivity index (χ1) is 10.1. The third kappa shape index (κ3) is 3.06. The van der Waals surface area contributed by atoms with Crippen LogP contribution in [0.1, 0.15) is 30.7 Å². The Morgan fingerprint density at radius 2 is 2.05 bits per heavy atom. The van der Waals surface area contributed by atoms with E-state index in [1.54, 1.807) is 18.2 Å². The van der Waals surface area contributed by atoms with Gasteiger partial charge >= 0.3 is 0 Å². The summed E-state index contributed by atoms with van der Waals surface area (Å²) in [6, 6.07) is 7.03. The Balaban J connectivity index is 2.50. The van der Waals surface area contributed by atoms with Crippen molar-refractivity contribution in [2.24, 2.45) is 0 Å². The summed E-state index contributed by atoms with van der Waals surface area (Å²) in [5.41, 5.74) is 8.28. The van der Waals surface area contributed by atoms with Crippen molar-refractivity contribution in [1.82, 2.24) is 10.2 Å². The van der Waals surface area contributed by atoms with Crippen LogP contribution < -0.4 is 10.5 Å². The lowest BCUT2D eigenvalue weighted by Gasteiger charge is -2.12. The molecule has 1 aromatic heterocycles. The van der Waals surface area contributed by atoms with Gasteiger partial charge in [0.05, 0.1) is 10.7 Å². The first-order valence-corrected chi connectivity index (χ1v) is 6.99. The number of nitrogen functional groups attached to an aromatic ring is 1. The maximum absolute atomic E-state index is 9.40. The predicted octanol–water partition coefficient (Wildman–Crippen LogP) is 3.50. The maximum atomic E-state index is 9.40. The second-order valence-electron chi connectivity index (χ2n) is 4.42. The number of halogens is 1. The van der Waals surface area contributed by atoms with Gasteiger partial charge < -0.3 is 10.5 Å². The van der Waals surface area contributed by atoms with Crippen LogP contribution in [0.5, 0.6) is 11.6 Å². The van der Waals surface area contributed by atoms with Gasteiger partial charge in [-0.3, -0.25) is 0 Å². The number of nitrogens with two attached hydrogens (primary N) is 1. The number of ether oxygens (including phenoxy) is 1. The van der Waals surface area contributed by atoms with E-state index in [4.69, 9.17) is 22.1 Å². The minimum Gasteiger partial charge on any atom is -0.435 e. The lowest BCUT2D eigenvalue weighted by molar-refractivity contribution is 0.451. The average molecular weight is 303 g/mol. The normalized spacial score (nSPS) is 10.2. The van der Waals surface area contributed by atoms with Crippen molar-refractivity contribution in [2.45, 2.75) is 26.7 Å². The van der Waals surface area contributed by atoms with Crippen molar-refractivity contribution >= 4 is 17.3 Å². The van der Waals surface area contributed by atoms with Crippen molar-refractivity contribution in [3.8, 4) is 17.7 Å². The molecule has 0 saturated heterocycles. The number of hydrogen-bond acceptors (Lipinski definition) is 5. The molecule has 0 aliphatic heterocycles. The van der Waals surface area contributed by atoms with Crippen LogP contribution in [-0.4, -0.2) is 10.2 Å². The molecule has 0 atom stereocenters. The average Bonchev–Trinajstić information content (AvgIpc) is 2.50. The van der Waals surface area contributed by atoms with Crippen molar-refractivity contribution in [2.75, 3.05) is 5.73 Å². The van der Waals surface area contributed by atoms with Crippen molar-refractivity contribution in [1.29, 1.82) is 5.26 Å². The monoisotopic (exact) mass is 302 g/mol. The fourth-order valence-corrected chi connectivity index (χ4v) is 2.20. The van der Waals surface area contributed by atoms with Crippen LogP contribution in [-0.2, 0) is 12.8 Å². The molecule has 0 unspecified atom stereocenters. The van der Waals surface area contributed by atoms with Gasteiger partial charge in [0.25, 0.3) is 5.88 Å². The molecule has 5 nitrogen and oxygen atoms in total. The molecule has 1 aromatic carbocycles. The number of aromatic nitrogens is 2. The van der Waals surface area contributed by atoms with Crippen LogP contribution in [0.3, 0.4) is 0 Å². The predicted molar refractivity (Wildman–Crippen MR) is 81.4 cm³/mol. The highest BCUT2D eigenvalue weighted by atomic mass is 35.5. The lowest BCUT2D eigenvalue weighted by Crippen LogP contribution is -2.05. The third-order valence-corrected chi connectivity index (χ3v) is 3.40. The molecule has 0 amide bonds. The largest absolute Gasteiger partial charge is 0.435 e. The van der Waals surface area contributed by atoms with E-state index in [2.05, 4.69) is 16.3 Å². The molecule has 2 N–H and O–H groups in total. The first-order valence-electron chi connectivity index (χ1n) is 6.62. The highest BCUT2D eigenvalue weighted by Gasteiger charge is 2.17. The van der Waals surface area contributed by atoms with E-state index in [9.17, 15) is 5.26 Å². The minimum absolute atomic E-state index is 0.152. The summed E-state index contributed by atoms with van der Waals surface area (Å²) in [4.78, 5) is 0. The molecule has 6 heteroatoms. The van der Waals surface area contributed by atoms with Gasteiger partial charge in [-0.05, 0) is 30.5 Å². The topological polar surface area (TPSA) is 84.8 Å². The molecule has 2 aromatic rings. The van der Waals surface area contributed by atoms with Crippen LogP contribution in [0.15, 0.2) is 18.2 Å². The van der Waals surface area contributed by atoms with Gasteiger partial charge in [0.1, 0.15) is 17.4 Å². The Bertz CT molecular complexity index is 710. The molecule has 0 saturated carbocycles. The molecule has 108 valence electrons. The number of nitrogens with zero attached hydrogens (tertiary/aromatic N) is 3. The Hall–Kier alpha value is -2.32. The number of anilines is 1. The minimum atomic E-state index is 0.152. The standard InChI is InChI=1S/C15H15ClN4O/c1-3-10-11(8-17)15(20-19-13(10)4-2)21-14-7-9(18)5-6-12(14)16/h5-7H,3-4,18H2,1-2H3. The van der Waals surface area contributed by atoms with Gasteiger partial charge in [-0.15, -0.1) is 5.10 Å². The van der Waals surface area contributed by atoms with Crippen LogP contribution in [0.4, 0.5) is 5.69 Å².